The highest BCUT2D eigenvalue weighted by atomic mass is 35.5. The number of carbonyl (C=O) groups is 1. The van der Waals surface area contributed by atoms with Gasteiger partial charge in [0.15, 0.2) is 0 Å². The van der Waals surface area contributed by atoms with Gasteiger partial charge in [-0.2, -0.15) is 13.2 Å². The fourth-order valence-electron chi connectivity index (χ4n) is 3.59. The maximum Gasteiger partial charge on any atom is 0.416 e. The third-order valence-electron chi connectivity index (χ3n) is 4.74. The summed E-state index contributed by atoms with van der Waals surface area (Å²) in [5.41, 5.74) is -0.319. The zero-order chi connectivity index (χ0) is 20.4. The second-order valence-electron chi connectivity index (χ2n) is 8.21. The van der Waals surface area contributed by atoms with Crippen LogP contribution in [0, 0.1) is 11.8 Å². The van der Waals surface area contributed by atoms with E-state index in [0.29, 0.717) is 30.4 Å². The van der Waals surface area contributed by atoms with Crippen molar-refractivity contribution in [2.45, 2.75) is 65.3 Å². The molecule has 1 N–H and O–H groups in total. The molecular weight excluding hydrogens is 377 g/mol. The van der Waals surface area contributed by atoms with Gasteiger partial charge >= 0.3 is 6.18 Å². The summed E-state index contributed by atoms with van der Waals surface area (Å²) in [5.74, 6) is 0.654. The van der Waals surface area contributed by atoms with E-state index in [1.165, 1.54) is 6.07 Å². The first-order valence-electron chi connectivity index (χ1n) is 9.37. The number of carbonyl (C=O) groups excluding carboxylic acids is 1. The first kappa shape index (κ1) is 22.0. The Morgan fingerprint density at radius 2 is 1.81 bits per heavy atom. The molecule has 0 bridgehead atoms. The lowest BCUT2D eigenvalue weighted by Gasteiger charge is -2.41. The largest absolute Gasteiger partial charge is 0.416 e. The van der Waals surface area contributed by atoms with Gasteiger partial charge in [0.05, 0.1) is 11.6 Å². The third kappa shape index (κ3) is 6.11. The van der Waals surface area contributed by atoms with E-state index in [0.717, 1.165) is 18.6 Å². The van der Waals surface area contributed by atoms with Gasteiger partial charge in [0.25, 0.3) is 0 Å². The van der Waals surface area contributed by atoms with E-state index in [1.807, 2.05) is 18.7 Å². The van der Waals surface area contributed by atoms with Crippen molar-refractivity contribution >= 4 is 17.5 Å². The second-order valence-corrected chi connectivity index (χ2v) is 8.62. The number of nitrogens with zero attached hydrogens (tertiary/aromatic N) is 1. The number of benzene rings is 1. The van der Waals surface area contributed by atoms with Gasteiger partial charge in [-0.15, -0.1) is 0 Å². The van der Waals surface area contributed by atoms with Gasteiger partial charge in [0.1, 0.15) is 0 Å². The molecule has 1 fully saturated rings. The minimum atomic E-state index is -4.42. The Hall–Kier alpha value is -1.27. The average Bonchev–Trinajstić information content (AvgIpc) is 2.50. The highest BCUT2D eigenvalue weighted by Crippen LogP contribution is 2.33. The Balaban J connectivity index is 2.29. The van der Waals surface area contributed by atoms with Crippen molar-refractivity contribution in [3.05, 3.63) is 34.3 Å². The van der Waals surface area contributed by atoms with Crippen LogP contribution in [-0.4, -0.2) is 29.4 Å². The van der Waals surface area contributed by atoms with Gasteiger partial charge in [0, 0.05) is 24.2 Å². The molecular formula is C20H28ClF3N2O. The summed E-state index contributed by atoms with van der Waals surface area (Å²) in [5, 5.41) is 3.37. The quantitative estimate of drug-likeness (QED) is 0.713. The minimum absolute atomic E-state index is 0.00881. The molecule has 0 saturated carbocycles. The molecule has 0 aliphatic carbocycles. The summed E-state index contributed by atoms with van der Waals surface area (Å²) in [6.45, 7) is 9.06. The van der Waals surface area contributed by atoms with Crippen LogP contribution in [0.5, 0.6) is 0 Å². The standard InChI is InChI=1S/C20H28ClF3N2O/c1-12(2)7-16-11-26(18(8-13(3)4)19(27)25-16)10-14-9-15(20(22,23)24)5-6-17(14)21/h5-6,9,12-13,16,18H,7-8,10-11H2,1-4H3,(H,25,27). The van der Waals surface area contributed by atoms with E-state index in [1.54, 1.807) is 0 Å². The van der Waals surface area contributed by atoms with Crippen molar-refractivity contribution in [2.75, 3.05) is 6.54 Å². The molecule has 7 heteroatoms. The van der Waals surface area contributed by atoms with Crippen molar-refractivity contribution in [3.63, 3.8) is 0 Å². The monoisotopic (exact) mass is 404 g/mol. The average molecular weight is 405 g/mol. The molecule has 1 aliphatic rings. The molecule has 1 heterocycles. The Kier molecular flexibility index (Phi) is 7.20. The Bertz CT molecular complexity index is 661. The van der Waals surface area contributed by atoms with E-state index in [-0.39, 0.29) is 29.6 Å². The van der Waals surface area contributed by atoms with Crippen LogP contribution < -0.4 is 5.32 Å². The third-order valence-corrected chi connectivity index (χ3v) is 5.11. The summed E-state index contributed by atoms with van der Waals surface area (Å²) in [6.07, 6.45) is -2.94. The molecule has 2 unspecified atom stereocenters. The van der Waals surface area contributed by atoms with E-state index < -0.39 is 11.7 Å². The molecule has 1 aromatic rings. The van der Waals surface area contributed by atoms with E-state index >= 15 is 0 Å². The van der Waals surface area contributed by atoms with Crippen LogP contribution >= 0.6 is 11.6 Å². The smallest absolute Gasteiger partial charge is 0.351 e. The van der Waals surface area contributed by atoms with E-state index in [4.69, 9.17) is 11.6 Å². The Morgan fingerprint density at radius 1 is 1.19 bits per heavy atom. The summed E-state index contributed by atoms with van der Waals surface area (Å²) < 4.78 is 39.2. The highest BCUT2D eigenvalue weighted by Gasteiger charge is 2.36. The molecule has 2 rings (SSSR count). The number of alkyl halides is 3. The van der Waals surface area contributed by atoms with Gasteiger partial charge in [-0.1, -0.05) is 39.3 Å². The molecule has 2 atom stereocenters. The molecule has 1 aromatic carbocycles. The van der Waals surface area contributed by atoms with Crippen LogP contribution in [0.1, 0.15) is 51.7 Å². The summed E-state index contributed by atoms with van der Waals surface area (Å²) in [6, 6.07) is 3.00. The van der Waals surface area contributed by atoms with Crippen LogP contribution in [0.25, 0.3) is 0 Å². The maximum absolute atomic E-state index is 13.1. The van der Waals surface area contributed by atoms with Gasteiger partial charge in [-0.25, -0.2) is 0 Å². The number of halogens is 4. The fraction of sp³-hybridized carbons (Fsp3) is 0.650. The normalized spacial score (nSPS) is 21.8. The lowest BCUT2D eigenvalue weighted by Crippen LogP contribution is -2.60. The maximum atomic E-state index is 13.1. The lowest BCUT2D eigenvalue weighted by atomic mass is 9.94. The van der Waals surface area contributed by atoms with Crippen molar-refractivity contribution in [1.82, 2.24) is 10.2 Å². The summed E-state index contributed by atoms with van der Waals surface area (Å²) in [7, 11) is 0. The van der Waals surface area contributed by atoms with Crippen molar-refractivity contribution in [3.8, 4) is 0 Å². The number of nitrogens with one attached hydrogen (secondary N) is 1. The number of hydrogen-bond donors (Lipinski definition) is 1. The molecule has 152 valence electrons. The highest BCUT2D eigenvalue weighted by molar-refractivity contribution is 6.31. The molecule has 1 saturated heterocycles. The van der Waals surface area contributed by atoms with Crippen LogP contribution in [0.4, 0.5) is 13.2 Å². The topological polar surface area (TPSA) is 32.3 Å². The first-order chi connectivity index (χ1) is 12.5. The molecule has 1 amide bonds. The van der Waals surface area contributed by atoms with E-state index in [9.17, 15) is 18.0 Å². The van der Waals surface area contributed by atoms with Crippen LogP contribution in [-0.2, 0) is 17.5 Å². The first-order valence-corrected chi connectivity index (χ1v) is 9.75. The van der Waals surface area contributed by atoms with Gasteiger partial charge in [0.2, 0.25) is 5.91 Å². The predicted molar refractivity (Wildman–Crippen MR) is 101 cm³/mol. The number of piperazine rings is 1. The fourth-order valence-corrected chi connectivity index (χ4v) is 3.77. The van der Waals surface area contributed by atoms with Crippen LogP contribution in [0.15, 0.2) is 18.2 Å². The van der Waals surface area contributed by atoms with Crippen molar-refractivity contribution in [2.24, 2.45) is 11.8 Å². The molecule has 0 aromatic heterocycles. The van der Waals surface area contributed by atoms with Gasteiger partial charge in [-0.05, 0) is 48.4 Å². The molecule has 0 spiro atoms. The lowest BCUT2D eigenvalue weighted by molar-refractivity contribution is -0.138. The van der Waals surface area contributed by atoms with Gasteiger partial charge in [-0.3, -0.25) is 9.69 Å². The van der Waals surface area contributed by atoms with Crippen LogP contribution in [0.2, 0.25) is 5.02 Å². The number of amides is 1. The molecule has 1 aliphatic heterocycles. The summed E-state index contributed by atoms with van der Waals surface area (Å²) >= 11 is 6.18. The number of rotatable bonds is 6. The van der Waals surface area contributed by atoms with Crippen LogP contribution in [0.3, 0.4) is 0 Å². The van der Waals surface area contributed by atoms with Crippen molar-refractivity contribution in [1.29, 1.82) is 0 Å². The van der Waals surface area contributed by atoms with E-state index in [2.05, 4.69) is 19.2 Å². The molecule has 0 radical (unpaired) electrons. The minimum Gasteiger partial charge on any atom is -0.351 e. The zero-order valence-electron chi connectivity index (χ0n) is 16.2. The predicted octanol–water partition coefficient (Wildman–Crippen LogP) is 5.12. The summed E-state index contributed by atoms with van der Waals surface area (Å²) in [4.78, 5) is 14.6. The second kappa shape index (κ2) is 8.82. The van der Waals surface area contributed by atoms with Gasteiger partial charge < -0.3 is 5.32 Å². The Morgan fingerprint density at radius 3 is 2.37 bits per heavy atom. The van der Waals surface area contributed by atoms with Crippen molar-refractivity contribution < 1.29 is 18.0 Å². The SMILES string of the molecule is CC(C)CC1CN(Cc2cc(C(F)(F)F)ccc2Cl)C(CC(C)C)C(=O)N1. The Labute approximate surface area is 164 Å². The molecule has 3 nitrogen and oxygen atoms in total. The molecule has 27 heavy (non-hydrogen) atoms. The number of hydrogen-bond acceptors (Lipinski definition) is 2. The zero-order valence-corrected chi connectivity index (χ0v) is 17.0.